The van der Waals surface area contributed by atoms with Gasteiger partial charge >= 0.3 is 19.7 Å². The minimum absolute atomic E-state index is 0.0747. The molecule has 2 rings (SSSR count). The summed E-state index contributed by atoms with van der Waals surface area (Å²) in [5, 5.41) is 7.04. The van der Waals surface area contributed by atoms with Crippen molar-refractivity contribution in [2.45, 2.75) is 58.0 Å². The van der Waals surface area contributed by atoms with Gasteiger partial charge in [0.25, 0.3) is 5.91 Å². The number of esters is 1. The lowest BCUT2D eigenvalue weighted by atomic mass is 9.97. The molecule has 5 N–H and O–H groups in total. The number of nitrogens with zero attached hydrogens (tertiary/aromatic N) is 1. The second-order valence-electron chi connectivity index (χ2n) is 9.95. The molecule has 0 spiro atoms. The Bertz CT molecular complexity index is 1210. The summed E-state index contributed by atoms with van der Waals surface area (Å²) in [6, 6.07) is 7.50. The van der Waals surface area contributed by atoms with E-state index in [0.717, 1.165) is 0 Å². The highest BCUT2D eigenvalue weighted by molar-refractivity contribution is 7.55. The molecule has 5 amide bonds. The molecule has 1 heterocycles. The molecule has 45 heavy (non-hydrogen) atoms. The minimum atomic E-state index is -4.24. The number of alkyl carbamates (subject to hydrolysis) is 1. The van der Waals surface area contributed by atoms with Gasteiger partial charge in [-0.05, 0) is 38.7 Å². The highest BCUT2D eigenvalue weighted by Crippen LogP contribution is 2.52. The van der Waals surface area contributed by atoms with Crippen LogP contribution < -0.4 is 21.7 Å². The van der Waals surface area contributed by atoms with Gasteiger partial charge < -0.3 is 45.1 Å². The van der Waals surface area contributed by atoms with E-state index in [-0.39, 0.29) is 45.8 Å². The number of carbonyl (C=O) groups excluding carboxylic acids is 6. The van der Waals surface area contributed by atoms with Crippen LogP contribution in [0.4, 0.5) is 4.79 Å². The van der Waals surface area contributed by atoms with Crippen LogP contribution in [0.15, 0.2) is 30.3 Å². The predicted octanol–water partition coefficient (Wildman–Crippen LogP) is 0.783. The maximum atomic E-state index is 13.7. The van der Waals surface area contributed by atoms with Gasteiger partial charge in [-0.1, -0.05) is 30.3 Å². The first-order valence-corrected chi connectivity index (χ1v) is 16.1. The van der Waals surface area contributed by atoms with Crippen LogP contribution in [0.1, 0.15) is 45.1 Å². The van der Waals surface area contributed by atoms with Gasteiger partial charge in [0.2, 0.25) is 23.5 Å². The van der Waals surface area contributed by atoms with Crippen LogP contribution in [0.3, 0.4) is 0 Å². The number of likely N-dealkylation sites (tertiary alicyclic amines) is 1. The second-order valence-corrected chi connectivity index (χ2v) is 12.1. The van der Waals surface area contributed by atoms with Gasteiger partial charge in [-0.15, -0.1) is 0 Å². The first-order valence-electron chi connectivity index (χ1n) is 14.5. The SMILES string of the molecule is CCOP(=O)(OCC)C(NC(=O)CNC(=O)[C@H](CCC(N)=O)NC(=O)OCc1ccccc1)C(=O)N1CCC(C(=O)OC)CC1. The van der Waals surface area contributed by atoms with Crippen molar-refractivity contribution in [3.8, 4) is 0 Å². The number of nitrogens with one attached hydrogen (secondary N) is 3. The Morgan fingerprint density at radius 3 is 2.18 bits per heavy atom. The number of methoxy groups -OCH3 is 1. The first-order chi connectivity index (χ1) is 21.4. The van der Waals surface area contributed by atoms with Gasteiger partial charge in [0, 0.05) is 19.5 Å². The number of benzene rings is 1. The molecule has 0 saturated carbocycles. The molecular weight excluding hydrogens is 613 g/mol. The number of hydrogen-bond acceptors (Lipinski definition) is 11. The summed E-state index contributed by atoms with van der Waals surface area (Å²) in [7, 11) is -2.96. The van der Waals surface area contributed by atoms with Gasteiger partial charge in [0.15, 0.2) is 0 Å². The fraction of sp³-hybridized carbons (Fsp3) is 0.571. The summed E-state index contributed by atoms with van der Waals surface area (Å²) in [5.74, 6) is -5.76. The minimum Gasteiger partial charge on any atom is -0.469 e. The zero-order valence-corrected chi connectivity index (χ0v) is 26.5. The van der Waals surface area contributed by atoms with E-state index in [4.69, 9.17) is 24.3 Å². The summed E-state index contributed by atoms with van der Waals surface area (Å²) >= 11 is 0. The van der Waals surface area contributed by atoms with Crippen molar-refractivity contribution >= 4 is 43.3 Å². The molecule has 0 aliphatic carbocycles. The van der Waals surface area contributed by atoms with Crippen LogP contribution in [0, 0.1) is 5.92 Å². The Morgan fingerprint density at radius 1 is 1.00 bits per heavy atom. The van der Waals surface area contributed by atoms with Gasteiger partial charge in [-0.2, -0.15) is 0 Å². The first kappa shape index (κ1) is 37.2. The van der Waals surface area contributed by atoms with Crippen LogP contribution in [0.25, 0.3) is 0 Å². The summed E-state index contributed by atoms with van der Waals surface area (Å²) in [6.07, 6.45) is -0.774. The Kier molecular flexibility index (Phi) is 15.5. The summed E-state index contributed by atoms with van der Waals surface area (Å²) in [5.41, 5.74) is 5.91. The lowest BCUT2D eigenvalue weighted by molar-refractivity contribution is -0.149. The highest BCUT2D eigenvalue weighted by atomic mass is 31.2. The lowest BCUT2D eigenvalue weighted by Crippen LogP contribution is -2.54. The van der Waals surface area contributed by atoms with Crippen LogP contribution in [0.5, 0.6) is 0 Å². The third kappa shape index (κ3) is 12.1. The number of nitrogens with two attached hydrogens (primary N) is 1. The van der Waals surface area contributed by atoms with E-state index in [0.29, 0.717) is 18.4 Å². The topological polar surface area (TPSA) is 222 Å². The number of piperidine rings is 1. The maximum Gasteiger partial charge on any atom is 0.408 e. The molecule has 1 saturated heterocycles. The molecular formula is C28H42N5O11P. The Morgan fingerprint density at radius 2 is 1.62 bits per heavy atom. The molecule has 2 atom stereocenters. The maximum absolute atomic E-state index is 13.7. The Hall–Kier alpha value is -4.01. The smallest absolute Gasteiger partial charge is 0.408 e. The second kappa shape index (κ2) is 18.7. The molecule has 1 aromatic rings. The van der Waals surface area contributed by atoms with Gasteiger partial charge in [-0.25, -0.2) is 4.79 Å². The van der Waals surface area contributed by atoms with E-state index in [1.807, 2.05) is 0 Å². The van der Waals surface area contributed by atoms with Gasteiger partial charge in [-0.3, -0.25) is 28.5 Å². The normalized spacial score (nSPS) is 14.9. The van der Waals surface area contributed by atoms with Crippen molar-refractivity contribution in [2.24, 2.45) is 11.7 Å². The number of carbonyl (C=O) groups is 6. The average Bonchev–Trinajstić information content (AvgIpc) is 3.03. The van der Waals surface area contributed by atoms with E-state index >= 15 is 0 Å². The number of rotatable bonds is 17. The van der Waals surface area contributed by atoms with E-state index in [1.54, 1.807) is 44.2 Å². The van der Waals surface area contributed by atoms with Crippen LogP contribution in [-0.4, -0.2) is 92.4 Å². The summed E-state index contributed by atoms with van der Waals surface area (Å²) in [4.78, 5) is 76.4. The molecule has 16 nitrogen and oxygen atoms in total. The number of primary amides is 1. The summed E-state index contributed by atoms with van der Waals surface area (Å²) < 4.78 is 34.3. The van der Waals surface area contributed by atoms with E-state index in [9.17, 15) is 33.3 Å². The molecule has 1 fully saturated rings. The standard InChI is InChI=1S/C28H42N5O11P/c1-4-43-45(40,44-5-2)25(26(37)33-15-13-20(14-16-33)27(38)41-3)32-23(35)17-30-24(36)21(11-12-22(29)34)31-28(39)42-18-19-9-7-6-8-10-19/h6-10,20-21,25H,4-5,11-18H2,1-3H3,(H2,29,34)(H,30,36)(H,31,39)(H,32,35)/t21-,25?/m0/s1. The fourth-order valence-corrected chi connectivity index (χ4v) is 6.28. The highest BCUT2D eigenvalue weighted by Gasteiger charge is 2.45. The molecule has 0 radical (unpaired) electrons. The number of ether oxygens (including phenoxy) is 2. The molecule has 250 valence electrons. The number of hydrogen-bond donors (Lipinski definition) is 4. The lowest BCUT2D eigenvalue weighted by Gasteiger charge is -2.35. The van der Waals surface area contributed by atoms with E-state index in [2.05, 4.69) is 16.0 Å². The third-order valence-electron chi connectivity index (χ3n) is 6.73. The zero-order valence-electron chi connectivity index (χ0n) is 25.7. The molecule has 1 aliphatic rings. The van der Waals surface area contributed by atoms with Crippen molar-refractivity contribution < 1.29 is 51.9 Å². The van der Waals surface area contributed by atoms with Gasteiger partial charge in [0.1, 0.15) is 12.6 Å². The number of amides is 5. The third-order valence-corrected chi connectivity index (χ3v) is 8.95. The van der Waals surface area contributed by atoms with Gasteiger partial charge in [0.05, 0.1) is 32.8 Å². The molecule has 0 bridgehead atoms. The van der Waals surface area contributed by atoms with E-state index < -0.39 is 67.6 Å². The quantitative estimate of drug-likeness (QED) is 0.136. The van der Waals surface area contributed by atoms with Crippen LogP contribution in [-0.2, 0) is 53.7 Å². The van der Waals surface area contributed by atoms with Crippen molar-refractivity contribution in [3.63, 3.8) is 0 Å². The van der Waals surface area contributed by atoms with Crippen LogP contribution >= 0.6 is 7.60 Å². The molecule has 1 unspecified atom stereocenters. The molecule has 1 aliphatic heterocycles. The molecule has 1 aromatic carbocycles. The van der Waals surface area contributed by atoms with Crippen molar-refractivity contribution in [1.29, 1.82) is 0 Å². The van der Waals surface area contributed by atoms with Crippen molar-refractivity contribution in [2.75, 3.05) is 40.0 Å². The Balaban J connectivity index is 2.09. The van der Waals surface area contributed by atoms with Crippen molar-refractivity contribution in [1.82, 2.24) is 20.9 Å². The van der Waals surface area contributed by atoms with E-state index in [1.165, 1.54) is 12.0 Å². The molecule has 0 aromatic heterocycles. The summed E-state index contributed by atoms with van der Waals surface area (Å²) in [6.45, 7) is 2.40. The molecule has 17 heteroatoms. The largest absolute Gasteiger partial charge is 0.469 e. The zero-order chi connectivity index (χ0) is 33.4. The average molecular weight is 656 g/mol. The Labute approximate surface area is 261 Å². The fourth-order valence-electron chi connectivity index (χ4n) is 4.45. The van der Waals surface area contributed by atoms with Crippen LogP contribution in [0.2, 0.25) is 0 Å². The predicted molar refractivity (Wildman–Crippen MR) is 159 cm³/mol. The van der Waals surface area contributed by atoms with Crippen molar-refractivity contribution in [3.05, 3.63) is 35.9 Å². The monoisotopic (exact) mass is 655 g/mol.